The van der Waals surface area contributed by atoms with E-state index in [0.717, 1.165) is 0 Å². The van der Waals surface area contributed by atoms with E-state index >= 15 is 0 Å². The first-order valence-corrected chi connectivity index (χ1v) is 14.4. The Kier molecular flexibility index (Phi) is 8.20. The van der Waals surface area contributed by atoms with E-state index in [9.17, 15) is 19.5 Å². The Morgan fingerprint density at radius 2 is 1.90 bits per heavy atom. The van der Waals surface area contributed by atoms with E-state index in [4.69, 9.17) is 25.5 Å². The van der Waals surface area contributed by atoms with E-state index in [1.165, 1.54) is 28.0 Å². The van der Waals surface area contributed by atoms with Gasteiger partial charge in [0, 0.05) is 11.6 Å². The molecule has 42 heavy (non-hydrogen) atoms. The number of hydrogen-bond donors (Lipinski definition) is 1. The third-order valence-corrected chi connectivity index (χ3v) is 7.79. The van der Waals surface area contributed by atoms with Gasteiger partial charge in [-0.25, -0.2) is 14.6 Å². The largest absolute Gasteiger partial charge is 0.494 e. The SMILES string of the molecule is CCOc1ccc([C@H]2C(C(=O)OC(C)C)=C(C)N=c3s/c(=C/c4ccc(-c5ccc(Cl)c(C(=O)O)c5)o4)c(=O)n32)cc1. The standard InChI is InChI=1S/C31H27ClN2O7S/c1-5-39-20-9-6-18(7-10-20)27-26(30(38)40-16(2)3)17(4)33-31-34(27)28(35)25(42-31)15-21-11-13-24(41-21)19-8-12-23(32)22(14-19)29(36)37/h6-16,27H,5H2,1-4H3,(H,36,37)/b25-15+/t27-/m0/s1. The second-order valence-electron chi connectivity index (χ2n) is 9.74. The lowest BCUT2D eigenvalue weighted by molar-refractivity contribution is -0.143. The predicted octanol–water partition coefficient (Wildman–Crippen LogP) is 5.20. The van der Waals surface area contributed by atoms with Gasteiger partial charge in [-0.2, -0.15) is 0 Å². The van der Waals surface area contributed by atoms with Crippen LogP contribution in [0.15, 0.2) is 80.1 Å². The average molecular weight is 607 g/mol. The lowest BCUT2D eigenvalue weighted by Gasteiger charge is -2.25. The van der Waals surface area contributed by atoms with Crippen LogP contribution in [0.3, 0.4) is 0 Å². The highest BCUT2D eigenvalue weighted by atomic mass is 35.5. The van der Waals surface area contributed by atoms with Gasteiger partial charge in [0.2, 0.25) is 0 Å². The van der Waals surface area contributed by atoms with Crippen molar-refractivity contribution in [2.24, 2.45) is 4.99 Å². The number of carbonyl (C=O) groups excluding carboxylic acids is 1. The van der Waals surface area contributed by atoms with Crippen molar-refractivity contribution in [3.8, 4) is 17.1 Å². The third kappa shape index (κ3) is 5.68. The van der Waals surface area contributed by atoms with Crippen LogP contribution in [0, 0.1) is 0 Å². The maximum absolute atomic E-state index is 13.9. The van der Waals surface area contributed by atoms with Gasteiger partial charge in [0.05, 0.1) is 45.1 Å². The highest BCUT2D eigenvalue weighted by molar-refractivity contribution is 7.07. The molecule has 0 radical (unpaired) electrons. The van der Waals surface area contributed by atoms with Crippen molar-refractivity contribution in [2.45, 2.75) is 39.8 Å². The van der Waals surface area contributed by atoms with Crippen LogP contribution >= 0.6 is 22.9 Å². The Bertz CT molecular complexity index is 1900. The monoisotopic (exact) mass is 606 g/mol. The number of benzene rings is 2. The van der Waals surface area contributed by atoms with E-state index in [1.807, 2.05) is 19.1 Å². The molecule has 2 aromatic heterocycles. The summed E-state index contributed by atoms with van der Waals surface area (Å²) < 4.78 is 18.9. The number of rotatable bonds is 8. The van der Waals surface area contributed by atoms with E-state index < -0.39 is 18.0 Å². The molecule has 0 fully saturated rings. The molecule has 0 unspecified atom stereocenters. The van der Waals surface area contributed by atoms with Gasteiger partial charge in [0.1, 0.15) is 17.3 Å². The molecular weight excluding hydrogens is 580 g/mol. The number of aromatic nitrogens is 1. The Morgan fingerprint density at radius 3 is 2.57 bits per heavy atom. The highest BCUT2D eigenvalue weighted by Crippen LogP contribution is 2.32. The van der Waals surface area contributed by atoms with Gasteiger partial charge in [-0.3, -0.25) is 9.36 Å². The Hall–Kier alpha value is -4.41. The Morgan fingerprint density at radius 1 is 1.17 bits per heavy atom. The van der Waals surface area contributed by atoms with Gasteiger partial charge < -0.3 is 19.0 Å². The number of ether oxygens (including phenoxy) is 2. The molecule has 0 spiro atoms. The van der Waals surface area contributed by atoms with Crippen molar-refractivity contribution >= 4 is 41.0 Å². The number of carbonyl (C=O) groups is 2. The summed E-state index contributed by atoms with van der Waals surface area (Å²) in [5.41, 5.74) is 1.58. The van der Waals surface area contributed by atoms with Crippen molar-refractivity contribution in [3.05, 3.63) is 107 Å². The third-order valence-electron chi connectivity index (χ3n) is 6.47. The molecule has 0 bridgehead atoms. The van der Waals surface area contributed by atoms with E-state index in [-0.39, 0.29) is 27.8 Å². The Balaban J connectivity index is 1.60. The van der Waals surface area contributed by atoms with Gasteiger partial charge in [-0.1, -0.05) is 35.1 Å². The number of allylic oxidation sites excluding steroid dienone is 1. The number of carboxylic acid groups (broad SMARTS) is 1. The maximum Gasteiger partial charge on any atom is 0.338 e. The van der Waals surface area contributed by atoms with Crippen LogP contribution < -0.4 is 19.6 Å². The summed E-state index contributed by atoms with van der Waals surface area (Å²) in [4.78, 5) is 43.7. The predicted molar refractivity (Wildman–Crippen MR) is 159 cm³/mol. The molecule has 4 aromatic rings. The van der Waals surface area contributed by atoms with Crippen LogP contribution in [0.4, 0.5) is 0 Å². The zero-order valence-electron chi connectivity index (χ0n) is 23.2. The molecule has 1 atom stereocenters. The van der Waals surface area contributed by atoms with Crippen molar-refractivity contribution in [1.82, 2.24) is 4.57 Å². The molecule has 0 amide bonds. The van der Waals surface area contributed by atoms with Gasteiger partial charge >= 0.3 is 11.9 Å². The zero-order chi connectivity index (χ0) is 30.1. The zero-order valence-corrected chi connectivity index (χ0v) is 24.8. The lowest BCUT2D eigenvalue weighted by Crippen LogP contribution is -2.40. The van der Waals surface area contributed by atoms with Gasteiger partial charge in [0.15, 0.2) is 4.80 Å². The quantitative estimate of drug-likeness (QED) is 0.274. The maximum atomic E-state index is 13.9. The average Bonchev–Trinajstić information content (AvgIpc) is 3.52. The van der Waals surface area contributed by atoms with Crippen LogP contribution in [0.2, 0.25) is 5.02 Å². The molecule has 0 aliphatic carbocycles. The molecule has 1 aliphatic rings. The number of nitrogens with zero attached hydrogens (tertiary/aromatic N) is 2. The summed E-state index contributed by atoms with van der Waals surface area (Å²) in [6.45, 7) is 7.65. The smallest absolute Gasteiger partial charge is 0.338 e. The number of hydrogen-bond acceptors (Lipinski definition) is 8. The summed E-state index contributed by atoms with van der Waals surface area (Å²) in [5.74, 6) is -0.224. The number of thiazole rings is 1. The minimum Gasteiger partial charge on any atom is -0.494 e. The fraction of sp³-hybridized carbons (Fsp3) is 0.226. The second-order valence-corrected chi connectivity index (χ2v) is 11.2. The van der Waals surface area contributed by atoms with E-state index in [2.05, 4.69) is 4.99 Å². The summed E-state index contributed by atoms with van der Waals surface area (Å²) in [6.07, 6.45) is 1.24. The lowest BCUT2D eigenvalue weighted by atomic mass is 9.96. The molecule has 11 heteroatoms. The van der Waals surface area contributed by atoms with Gasteiger partial charge in [0.25, 0.3) is 5.56 Å². The van der Waals surface area contributed by atoms with Crippen molar-refractivity contribution in [2.75, 3.05) is 6.61 Å². The molecule has 0 saturated heterocycles. The van der Waals surface area contributed by atoms with Gasteiger partial charge in [-0.05, 0) is 75.7 Å². The van der Waals surface area contributed by atoms with Crippen molar-refractivity contribution in [1.29, 1.82) is 0 Å². The summed E-state index contributed by atoms with van der Waals surface area (Å²) in [6, 6.07) is 14.4. The second kappa shape index (κ2) is 11.8. The van der Waals surface area contributed by atoms with Crippen molar-refractivity contribution < 1.29 is 28.6 Å². The first-order chi connectivity index (χ1) is 20.1. The first-order valence-electron chi connectivity index (χ1n) is 13.2. The first kappa shape index (κ1) is 29.1. The number of esters is 1. The topological polar surface area (TPSA) is 120 Å². The van der Waals surface area contributed by atoms with Crippen LogP contribution in [0.5, 0.6) is 5.75 Å². The van der Waals surface area contributed by atoms with Crippen molar-refractivity contribution in [3.63, 3.8) is 0 Å². The van der Waals surface area contributed by atoms with Gasteiger partial charge in [-0.15, -0.1) is 0 Å². The minimum absolute atomic E-state index is 0.0446. The number of furan rings is 1. The number of fused-ring (bicyclic) bond motifs is 1. The number of carboxylic acids is 1. The molecule has 216 valence electrons. The Labute approximate surface area is 249 Å². The highest BCUT2D eigenvalue weighted by Gasteiger charge is 2.34. The normalized spacial score (nSPS) is 15.0. The molecular formula is C31H27ClN2O7S. The molecule has 3 heterocycles. The summed E-state index contributed by atoms with van der Waals surface area (Å²) in [5, 5.41) is 9.52. The van der Waals surface area contributed by atoms with E-state index in [0.29, 0.717) is 50.0 Å². The number of aromatic carboxylic acids is 1. The molecule has 2 aromatic carbocycles. The fourth-order valence-electron chi connectivity index (χ4n) is 4.65. The van der Waals surface area contributed by atoms with Crippen LogP contribution in [0.25, 0.3) is 17.4 Å². The van der Waals surface area contributed by atoms with Crippen LogP contribution in [-0.4, -0.2) is 34.3 Å². The summed E-state index contributed by atoms with van der Waals surface area (Å²) >= 11 is 7.17. The molecule has 1 N–H and O–H groups in total. The molecule has 9 nitrogen and oxygen atoms in total. The summed E-state index contributed by atoms with van der Waals surface area (Å²) in [7, 11) is 0. The van der Waals surface area contributed by atoms with Crippen LogP contribution in [-0.2, 0) is 9.53 Å². The fourth-order valence-corrected chi connectivity index (χ4v) is 5.87. The van der Waals surface area contributed by atoms with E-state index in [1.54, 1.807) is 57.2 Å². The molecule has 5 rings (SSSR count). The number of halogens is 1. The molecule has 0 saturated carbocycles. The molecule has 1 aliphatic heterocycles. The minimum atomic E-state index is -1.15. The van der Waals surface area contributed by atoms with Crippen LogP contribution in [0.1, 0.15) is 55.4 Å².